The zero-order valence-electron chi connectivity index (χ0n) is 10.2. The molecular weight excluding hydrogens is 275 g/mol. The topological polar surface area (TPSA) is 43.4 Å². The first kappa shape index (κ1) is 15.0. The van der Waals surface area contributed by atoms with Crippen LogP contribution in [-0.4, -0.2) is 18.9 Å². The number of ketones is 1. The minimum Gasteiger partial charge on any atom is -0.469 e. The molecule has 3 nitrogen and oxygen atoms in total. The standard InChI is InChI=1S/C13H14Cl2O3/c1-8(4-13(17)18-2)3-12(16)9-5-10(14)7-11(15)6-9/h5-8H,3-4H2,1-2H3/t8-/m0/s1. The predicted molar refractivity (Wildman–Crippen MR) is 71.2 cm³/mol. The van der Waals surface area contributed by atoms with Gasteiger partial charge >= 0.3 is 5.97 Å². The third kappa shape index (κ3) is 4.67. The second-order valence-corrected chi connectivity index (χ2v) is 5.04. The predicted octanol–water partition coefficient (Wildman–Crippen LogP) is 3.77. The second kappa shape index (κ2) is 6.76. The van der Waals surface area contributed by atoms with Gasteiger partial charge in [0.1, 0.15) is 0 Å². The Labute approximate surface area is 116 Å². The van der Waals surface area contributed by atoms with Crippen molar-refractivity contribution in [3.8, 4) is 0 Å². The molecule has 0 aliphatic rings. The summed E-state index contributed by atoms with van der Waals surface area (Å²) < 4.78 is 4.55. The molecule has 1 atom stereocenters. The number of ether oxygens (including phenoxy) is 1. The summed E-state index contributed by atoms with van der Waals surface area (Å²) in [5.74, 6) is -0.488. The minimum atomic E-state index is -0.320. The third-order valence-electron chi connectivity index (χ3n) is 2.46. The van der Waals surface area contributed by atoms with Gasteiger partial charge in [0, 0.05) is 28.5 Å². The Bertz CT molecular complexity index is 437. The van der Waals surface area contributed by atoms with Crippen LogP contribution in [0, 0.1) is 5.92 Å². The molecule has 0 bridgehead atoms. The van der Waals surface area contributed by atoms with E-state index in [1.54, 1.807) is 18.2 Å². The maximum absolute atomic E-state index is 12.0. The average molecular weight is 289 g/mol. The number of hydrogen-bond donors (Lipinski definition) is 0. The van der Waals surface area contributed by atoms with Crippen LogP contribution < -0.4 is 0 Å². The van der Waals surface area contributed by atoms with Gasteiger partial charge in [-0.05, 0) is 24.1 Å². The lowest BCUT2D eigenvalue weighted by molar-refractivity contribution is -0.141. The first-order valence-corrected chi connectivity index (χ1v) is 6.24. The van der Waals surface area contributed by atoms with Gasteiger partial charge in [0.25, 0.3) is 0 Å². The first-order chi connectivity index (χ1) is 8.42. The maximum Gasteiger partial charge on any atom is 0.305 e. The molecule has 0 radical (unpaired) electrons. The quantitative estimate of drug-likeness (QED) is 0.612. The van der Waals surface area contributed by atoms with E-state index in [4.69, 9.17) is 23.2 Å². The molecule has 0 amide bonds. The van der Waals surface area contributed by atoms with Crippen LogP contribution in [0.15, 0.2) is 18.2 Å². The monoisotopic (exact) mass is 288 g/mol. The fraction of sp³-hybridized carbons (Fsp3) is 0.385. The molecule has 18 heavy (non-hydrogen) atoms. The molecule has 0 aromatic heterocycles. The normalized spacial score (nSPS) is 12.0. The summed E-state index contributed by atoms with van der Waals surface area (Å²) in [4.78, 5) is 23.0. The summed E-state index contributed by atoms with van der Waals surface area (Å²) in [5, 5.41) is 0.845. The molecule has 1 aromatic rings. The molecule has 0 aliphatic carbocycles. The second-order valence-electron chi connectivity index (χ2n) is 4.17. The highest BCUT2D eigenvalue weighted by atomic mass is 35.5. The van der Waals surface area contributed by atoms with E-state index in [0.717, 1.165) is 0 Å². The van der Waals surface area contributed by atoms with Crippen molar-refractivity contribution in [2.75, 3.05) is 7.11 Å². The number of carbonyl (C=O) groups excluding carboxylic acids is 2. The minimum absolute atomic E-state index is 0.0808. The van der Waals surface area contributed by atoms with Crippen molar-refractivity contribution in [2.45, 2.75) is 19.8 Å². The van der Waals surface area contributed by atoms with Gasteiger partial charge in [0.15, 0.2) is 5.78 Å². The number of methoxy groups -OCH3 is 1. The Balaban J connectivity index is 2.67. The molecule has 0 unspecified atom stereocenters. The molecule has 0 saturated heterocycles. The fourth-order valence-corrected chi connectivity index (χ4v) is 2.12. The Morgan fingerprint density at radius 3 is 2.22 bits per heavy atom. The van der Waals surface area contributed by atoms with Crippen LogP contribution in [0.5, 0.6) is 0 Å². The van der Waals surface area contributed by atoms with Crippen LogP contribution in [0.3, 0.4) is 0 Å². The number of Topliss-reactive ketones (excluding diaryl/α,β-unsaturated/α-hetero) is 1. The molecule has 0 aliphatic heterocycles. The summed E-state index contributed by atoms with van der Waals surface area (Å²) in [6.07, 6.45) is 0.475. The van der Waals surface area contributed by atoms with Gasteiger partial charge in [-0.15, -0.1) is 0 Å². The molecular formula is C13H14Cl2O3. The Hall–Kier alpha value is -1.06. The molecule has 1 rings (SSSR count). The Kier molecular flexibility index (Phi) is 5.63. The van der Waals surface area contributed by atoms with Crippen molar-refractivity contribution in [1.29, 1.82) is 0 Å². The Morgan fingerprint density at radius 2 is 1.72 bits per heavy atom. The van der Waals surface area contributed by atoms with E-state index in [9.17, 15) is 9.59 Å². The number of hydrogen-bond acceptors (Lipinski definition) is 3. The van der Waals surface area contributed by atoms with Crippen LogP contribution >= 0.6 is 23.2 Å². The number of halogens is 2. The lowest BCUT2D eigenvalue weighted by Crippen LogP contribution is -2.11. The van der Waals surface area contributed by atoms with Crippen molar-refractivity contribution in [3.63, 3.8) is 0 Å². The largest absolute Gasteiger partial charge is 0.469 e. The summed E-state index contributed by atoms with van der Waals surface area (Å²) in [6.45, 7) is 1.82. The summed E-state index contributed by atoms with van der Waals surface area (Å²) in [5.41, 5.74) is 0.462. The van der Waals surface area contributed by atoms with E-state index in [-0.39, 0.29) is 30.5 Å². The van der Waals surface area contributed by atoms with Crippen LogP contribution in [0.2, 0.25) is 10.0 Å². The molecule has 0 spiro atoms. The zero-order chi connectivity index (χ0) is 13.7. The van der Waals surface area contributed by atoms with Gasteiger partial charge in [-0.1, -0.05) is 30.1 Å². The highest BCUT2D eigenvalue weighted by molar-refractivity contribution is 6.35. The SMILES string of the molecule is COC(=O)C[C@@H](C)CC(=O)c1cc(Cl)cc(Cl)c1. The summed E-state index contributed by atoms with van der Waals surface area (Å²) in [7, 11) is 1.33. The molecule has 0 fully saturated rings. The van der Waals surface area contributed by atoms with Crippen LogP contribution in [0.4, 0.5) is 0 Å². The number of benzene rings is 1. The Morgan fingerprint density at radius 1 is 1.17 bits per heavy atom. The average Bonchev–Trinajstić information content (AvgIpc) is 2.27. The van der Waals surface area contributed by atoms with Crippen molar-refractivity contribution in [2.24, 2.45) is 5.92 Å². The van der Waals surface area contributed by atoms with E-state index < -0.39 is 0 Å². The lowest BCUT2D eigenvalue weighted by Gasteiger charge is -2.09. The molecule has 0 N–H and O–H groups in total. The van der Waals surface area contributed by atoms with Crippen molar-refractivity contribution < 1.29 is 14.3 Å². The van der Waals surface area contributed by atoms with Gasteiger partial charge < -0.3 is 4.74 Å². The third-order valence-corrected chi connectivity index (χ3v) is 2.90. The lowest BCUT2D eigenvalue weighted by atomic mass is 9.97. The van der Waals surface area contributed by atoms with Crippen LogP contribution in [0.1, 0.15) is 30.1 Å². The van der Waals surface area contributed by atoms with Gasteiger partial charge in [-0.3, -0.25) is 9.59 Å². The molecule has 0 heterocycles. The van der Waals surface area contributed by atoms with Gasteiger partial charge in [0.2, 0.25) is 0 Å². The molecule has 0 saturated carbocycles. The number of esters is 1. The van der Waals surface area contributed by atoms with E-state index >= 15 is 0 Å². The van der Waals surface area contributed by atoms with E-state index in [1.807, 2.05) is 6.92 Å². The summed E-state index contributed by atoms with van der Waals surface area (Å²) >= 11 is 11.7. The molecule has 1 aromatic carbocycles. The van der Waals surface area contributed by atoms with Crippen molar-refractivity contribution in [1.82, 2.24) is 0 Å². The van der Waals surface area contributed by atoms with Gasteiger partial charge in [0.05, 0.1) is 7.11 Å². The maximum atomic E-state index is 12.0. The van der Waals surface area contributed by atoms with Crippen molar-refractivity contribution in [3.05, 3.63) is 33.8 Å². The first-order valence-electron chi connectivity index (χ1n) is 5.48. The molecule has 5 heteroatoms. The van der Waals surface area contributed by atoms with Crippen LogP contribution in [-0.2, 0) is 9.53 Å². The van der Waals surface area contributed by atoms with Crippen molar-refractivity contribution >= 4 is 35.0 Å². The van der Waals surface area contributed by atoms with Crippen LogP contribution in [0.25, 0.3) is 0 Å². The fourth-order valence-electron chi connectivity index (χ4n) is 1.59. The zero-order valence-corrected chi connectivity index (χ0v) is 11.7. The highest BCUT2D eigenvalue weighted by Gasteiger charge is 2.15. The summed E-state index contributed by atoms with van der Waals surface area (Å²) in [6, 6.07) is 4.71. The number of carbonyl (C=O) groups is 2. The number of rotatable bonds is 5. The highest BCUT2D eigenvalue weighted by Crippen LogP contribution is 2.21. The van der Waals surface area contributed by atoms with E-state index in [0.29, 0.717) is 15.6 Å². The van der Waals surface area contributed by atoms with Gasteiger partial charge in [-0.25, -0.2) is 0 Å². The van der Waals surface area contributed by atoms with E-state index in [2.05, 4.69) is 4.74 Å². The molecule has 98 valence electrons. The van der Waals surface area contributed by atoms with E-state index in [1.165, 1.54) is 7.11 Å². The smallest absolute Gasteiger partial charge is 0.305 e. The van der Waals surface area contributed by atoms with Gasteiger partial charge in [-0.2, -0.15) is 0 Å².